The minimum Gasteiger partial charge on any atom is -0.351 e. The fourth-order valence-corrected chi connectivity index (χ4v) is 4.63. The van der Waals surface area contributed by atoms with Gasteiger partial charge >= 0.3 is 0 Å². The van der Waals surface area contributed by atoms with Gasteiger partial charge in [-0.3, -0.25) is 9.89 Å². The Morgan fingerprint density at radius 2 is 1.94 bits per heavy atom. The molecular weight excluding hydrogens is 452 g/mol. The van der Waals surface area contributed by atoms with Gasteiger partial charge in [0.1, 0.15) is 11.6 Å². The van der Waals surface area contributed by atoms with Crippen LogP contribution >= 0.6 is 11.8 Å². The van der Waals surface area contributed by atoms with Gasteiger partial charge in [-0.05, 0) is 62.7 Å². The van der Waals surface area contributed by atoms with Crippen LogP contribution < -0.4 is 15.5 Å². The standard InChI is InChI=1S/C23H28N8O2S/c1-14-11-20(29-28-14)25-19-12-21(31-10-9-30(33)13-15(31)2)27-23(26-19)34-18-7-5-17(6-8-18)24-22(32)16-3-4-16/h5-8,11-12,15-16,33H,3-4,9-10,13H2,1-2H3,(H,24,32)(H2,25,26,27,28,29). The lowest BCUT2D eigenvalue weighted by atomic mass is 10.2. The van der Waals surface area contributed by atoms with Crippen molar-refractivity contribution in [1.29, 1.82) is 0 Å². The van der Waals surface area contributed by atoms with E-state index in [0.717, 1.165) is 34.9 Å². The Labute approximate surface area is 202 Å². The zero-order valence-corrected chi connectivity index (χ0v) is 20.0. The van der Waals surface area contributed by atoms with Crippen LogP contribution in [-0.2, 0) is 4.79 Å². The number of hydrogen-bond acceptors (Lipinski definition) is 9. The van der Waals surface area contributed by atoms with E-state index in [4.69, 9.17) is 9.97 Å². The van der Waals surface area contributed by atoms with Crippen LogP contribution in [0.25, 0.3) is 0 Å². The number of nitrogens with zero attached hydrogens (tertiary/aromatic N) is 5. The molecule has 1 aliphatic heterocycles. The molecule has 4 N–H and O–H groups in total. The van der Waals surface area contributed by atoms with E-state index in [2.05, 4.69) is 32.7 Å². The van der Waals surface area contributed by atoms with E-state index < -0.39 is 0 Å². The summed E-state index contributed by atoms with van der Waals surface area (Å²) in [5.74, 6) is 2.39. The highest BCUT2D eigenvalue weighted by Gasteiger charge is 2.29. The van der Waals surface area contributed by atoms with E-state index in [1.165, 1.54) is 16.8 Å². The molecule has 178 valence electrons. The van der Waals surface area contributed by atoms with Crippen molar-refractivity contribution in [2.75, 3.05) is 35.2 Å². The van der Waals surface area contributed by atoms with Gasteiger partial charge < -0.3 is 20.7 Å². The Morgan fingerprint density at radius 1 is 1.15 bits per heavy atom. The number of hydrogen-bond donors (Lipinski definition) is 4. The van der Waals surface area contributed by atoms with Crippen molar-refractivity contribution in [1.82, 2.24) is 25.2 Å². The van der Waals surface area contributed by atoms with Crippen molar-refractivity contribution >= 4 is 40.8 Å². The average Bonchev–Trinajstić information content (AvgIpc) is 3.57. The number of aromatic nitrogens is 4. The molecule has 1 amide bonds. The van der Waals surface area contributed by atoms with Crippen molar-refractivity contribution in [3.8, 4) is 0 Å². The molecular formula is C23H28N8O2S. The molecule has 1 unspecified atom stereocenters. The quantitative estimate of drug-likeness (QED) is 0.375. The first kappa shape index (κ1) is 22.6. The van der Waals surface area contributed by atoms with Crippen LogP contribution in [0.1, 0.15) is 25.5 Å². The van der Waals surface area contributed by atoms with Gasteiger partial charge in [0.05, 0.1) is 0 Å². The Balaban J connectivity index is 1.37. The molecule has 10 nitrogen and oxygen atoms in total. The van der Waals surface area contributed by atoms with E-state index >= 15 is 0 Å². The minimum absolute atomic E-state index is 0.0952. The lowest BCUT2D eigenvalue weighted by Gasteiger charge is -2.37. The van der Waals surface area contributed by atoms with Gasteiger partial charge in [-0.25, -0.2) is 9.97 Å². The predicted octanol–water partition coefficient (Wildman–Crippen LogP) is 3.65. The monoisotopic (exact) mass is 480 g/mol. The SMILES string of the molecule is Cc1cc(Nc2cc(N3CCN(O)CC3C)nc(Sc3ccc(NC(=O)C4CC4)cc3)n2)n[nH]1. The number of rotatable bonds is 7. The molecule has 1 saturated carbocycles. The van der Waals surface area contributed by atoms with Gasteiger partial charge in [0, 0.05) is 60.0 Å². The molecule has 1 aliphatic carbocycles. The Morgan fingerprint density at radius 3 is 2.62 bits per heavy atom. The zero-order chi connectivity index (χ0) is 23.7. The van der Waals surface area contributed by atoms with Crippen molar-refractivity contribution < 1.29 is 10.0 Å². The molecule has 2 fully saturated rings. The number of aryl methyl sites for hydroxylation is 1. The summed E-state index contributed by atoms with van der Waals surface area (Å²) in [7, 11) is 0. The fraction of sp³-hybridized carbons (Fsp3) is 0.391. The number of carbonyl (C=O) groups excluding carboxylic acids is 1. The van der Waals surface area contributed by atoms with Crippen LogP contribution in [0.15, 0.2) is 46.5 Å². The van der Waals surface area contributed by atoms with Gasteiger partial charge in [0.2, 0.25) is 5.91 Å². The van der Waals surface area contributed by atoms with Crippen molar-refractivity contribution in [3.63, 3.8) is 0 Å². The van der Waals surface area contributed by atoms with E-state index in [1.807, 2.05) is 43.3 Å². The summed E-state index contributed by atoms with van der Waals surface area (Å²) in [5, 5.41) is 25.2. The highest BCUT2D eigenvalue weighted by molar-refractivity contribution is 7.99. The van der Waals surface area contributed by atoms with E-state index in [-0.39, 0.29) is 17.9 Å². The summed E-state index contributed by atoms with van der Waals surface area (Å²) in [6, 6.07) is 11.6. The first-order valence-electron chi connectivity index (χ1n) is 11.4. The highest BCUT2D eigenvalue weighted by atomic mass is 32.2. The molecule has 5 rings (SSSR count). The third kappa shape index (κ3) is 5.49. The van der Waals surface area contributed by atoms with Gasteiger partial charge in [-0.15, -0.1) is 0 Å². The maximum Gasteiger partial charge on any atom is 0.227 e. The first-order valence-corrected chi connectivity index (χ1v) is 12.2. The smallest absolute Gasteiger partial charge is 0.227 e. The molecule has 0 spiro atoms. The number of H-pyrrole nitrogens is 1. The van der Waals surface area contributed by atoms with Crippen LogP contribution in [0.3, 0.4) is 0 Å². The number of piperazine rings is 1. The number of hydroxylamine groups is 2. The molecule has 3 aromatic rings. The Kier molecular flexibility index (Phi) is 6.40. The molecule has 2 aromatic heterocycles. The molecule has 1 aromatic carbocycles. The molecule has 0 bridgehead atoms. The van der Waals surface area contributed by atoms with Gasteiger partial charge in [0.15, 0.2) is 11.0 Å². The maximum absolute atomic E-state index is 12.0. The second-order valence-corrected chi connectivity index (χ2v) is 9.84. The molecule has 3 heterocycles. The third-order valence-corrected chi connectivity index (χ3v) is 6.71. The molecule has 0 radical (unpaired) electrons. The topological polar surface area (TPSA) is 122 Å². The Hall–Kier alpha value is -3.15. The van der Waals surface area contributed by atoms with Crippen molar-refractivity contribution in [2.45, 2.75) is 42.8 Å². The number of benzene rings is 1. The zero-order valence-electron chi connectivity index (χ0n) is 19.2. The molecule has 2 aliphatic rings. The second kappa shape index (κ2) is 9.61. The summed E-state index contributed by atoms with van der Waals surface area (Å²) in [4.78, 5) is 24.7. The fourth-order valence-electron chi connectivity index (χ4n) is 3.86. The van der Waals surface area contributed by atoms with Crippen LogP contribution in [0.2, 0.25) is 0 Å². The lowest BCUT2D eigenvalue weighted by molar-refractivity contribution is -0.117. The lowest BCUT2D eigenvalue weighted by Crippen LogP contribution is -2.51. The number of carbonyl (C=O) groups is 1. The van der Waals surface area contributed by atoms with Gasteiger partial charge in [-0.1, -0.05) is 0 Å². The summed E-state index contributed by atoms with van der Waals surface area (Å²) >= 11 is 1.45. The van der Waals surface area contributed by atoms with Crippen LogP contribution in [0, 0.1) is 12.8 Å². The summed E-state index contributed by atoms with van der Waals surface area (Å²) < 4.78 is 0. The maximum atomic E-state index is 12.0. The summed E-state index contributed by atoms with van der Waals surface area (Å²) in [5.41, 5.74) is 1.75. The average molecular weight is 481 g/mol. The van der Waals surface area contributed by atoms with Crippen LogP contribution in [0.5, 0.6) is 0 Å². The van der Waals surface area contributed by atoms with E-state index in [0.29, 0.717) is 36.4 Å². The highest BCUT2D eigenvalue weighted by Crippen LogP contribution is 2.32. The first-order chi connectivity index (χ1) is 16.4. The van der Waals surface area contributed by atoms with Crippen LogP contribution in [-0.4, -0.2) is 62.0 Å². The largest absolute Gasteiger partial charge is 0.351 e. The van der Waals surface area contributed by atoms with Gasteiger partial charge in [0.25, 0.3) is 0 Å². The number of anilines is 4. The minimum atomic E-state index is 0.0952. The molecule has 11 heteroatoms. The van der Waals surface area contributed by atoms with Crippen molar-refractivity contribution in [3.05, 3.63) is 42.1 Å². The normalized spacial score (nSPS) is 18.7. The van der Waals surface area contributed by atoms with Gasteiger partial charge in [-0.2, -0.15) is 10.2 Å². The number of aromatic amines is 1. The second-order valence-electron chi connectivity index (χ2n) is 8.80. The number of nitrogens with one attached hydrogen (secondary N) is 3. The number of amides is 1. The van der Waals surface area contributed by atoms with E-state index in [1.54, 1.807) is 0 Å². The summed E-state index contributed by atoms with van der Waals surface area (Å²) in [6.45, 7) is 5.76. The van der Waals surface area contributed by atoms with Crippen LogP contribution in [0.4, 0.5) is 23.1 Å². The molecule has 34 heavy (non-hydrogen) atoms. The van der Waals surface area contributed by atoms with E-state index in [9.17, 15) is 10.0 Å². The summed E-state index contributed by atoms with van der Waals surface area (Å²) in [6.07, 6.45) is 1.96. The molecule has 1 saturated heterocycles. The predicted molar refractivity (Wildman–Crippen MR) is 131 cm³/mol. The third-order valence-electron chi connectivity index (χ3n) is 5.83. The molecule has 1 atom stereocenters. The van der Waals surface area contributed by atoms with Crippen molar-refractivity contribution in [2.24, 2.45) is 5.92 Å². The Bertz CT molecular complexity index is 1160.